The van der Waals surface area contributed by atoms with Gasteiger partial charge in [0.25, 0.3) is 0 Å². The highest BCUT2D eigenvalue weighted by molar-refractivity contribution is 5.89. The molecule has 7 heteroatoms. The van der Waals surface area contributed by atoms with Gasteiger partial charge in [-0.25, -0.2) is 4.79 Å². The number of benzene rings is 1. The Morgan fingerprint density at radius 2 is 1.77 bits per heavy atom. The van der Waals surface area contributed by atoms with Crippen LogP contribution in [0.25, 0.3) is 0 Å². The van der Waals surface area contributed by atoms with Crippen molar-refractivity contribution in [2.24, 2.45) is 17.8 Å². The molecule has 1 aromatic rings. The summed E-state index contributed by atoms with van der Waals surface area (Å²) >= 11 is 0. The van der Waals surface area contributed by atoms with Gasteiger partial charge in [0.05, 0.1) is 18.8 Å². The quantitative estimate of drug-likeness (QED) is 0.740. The number of fused-ring (bicyclic) bond motifs is 1. The molecule has 3 aliphatic rings. The van der Waals surface area contributed by atoms with Crippen LogP contribution >= 0.6 is 0 Å². The maximum atomic E-state index is 12.8. The molecule has 1 aromatic carbocycles. The van der Waals surface area contributed by atoms with Crippen molar-refractivity contribution in [2.45, 2.75) is 44.3 Å². The van der Waals surface area contributed by atoms with Crippen molar-refractivity contribution < 1.29 is 28.9 Å². The van der Waals surface area contributed by atoms with E-state index in [4.69, 9.17) is 14.2 Å². The van der Waals surface area contributed by atoms with E-state index in [0.717, 1.165) is 45.6 Å². The third kappa shape index (κ3) is 4.78. The van der Waals surface area contributed by atoms with Gasteiger partial charge in [-0.1, -0.05) is 0 Å². The van der Waals surface area contributed by atoms with Crippen LogP contribution in [0.2, 0.25) is 0 Å². The lowest BCUT2D eigenvalue weighted by atomic mass is 9.78. The number of hydrogen-bond acceptors (Lipinski definition) is 6. The highest BCUT2D eigenvalue weighted by Crippen LogP contribution is 2.38. The first-order valence-electron chi connectivity index (χ1n) is 10.9. The van der Waals surface area contributed by atoms with Crippen molar-refractivity contribution in [2.75, 3.05) is 33.4 Å². The Labute approximate surface area is 177 Å². The Hall–Kier alpha value is -2.12. The number of hydrogen-bond donors (Lipinski definition) is 1. The van der Waals surface area contributed by atoms with E-state index in [0.29, 0.717) is 41.9 Å². The molecule has 2 heterocycles. The third-order valence-corrected chi connectivity index (χ3v) is 6.80. The van der Waals surface area contributed by atoms with Crippen LogP contribution < -0.4 is 4.74 Å². The van der Waals surface area contributed by atoms with Crippen molar-refractivity contribution >= 4 is 11.9 Å². The predicted molar refractivity (Wildman–Crippen MR) is 109 cm³/mol. The molecule has 0 aromatic heterocycles. The third-order valence-electron chi connectivity index (χ3n) is 6.80. The Balaban J connectivity index is 1.31. The molecule has 0 unspecified atom stereocenters. The lowest BCUT2D eigenvalue weighted by Crippen LogP contribution is -2.42. The average Bonchev–Trinajstić information content (AvgIpc) is 3.17. The molecule has 3 fully saturated rings. The lowest BCUT2D eigenvalue weighted by molar-refractivity contribution is -0.132. The topological polar surface area (TPSA) is 85.3 Å². The summed E-state index contributed by atoms with van der Waals surface area (Å²) in [6.07, 6.45) is 3.06. The highest BCUT2D eigenvalue weighted by atomic mass is 16.5. The molecule has 1 amide bonds. The van der Waals surface area contributed by atoms with Crippen LogP contribution in [0.1, 0.15) is 42.5 Å². The van der Waals surface area contributed by atoms with Crippen molar-refractivity contribution in [1.29, 1.82) is 0 Å². The number of aliphatic hydroxyl groups is 1. The van der Waals surface area contributed by atoms with Crippen LogP contribution in [0, 0.1) is 17.8 Å². The van der Waals surface area contributed by atoms with Crippen LogP contribution in [0.4, 0.5) is 0 Å². The summed E-state index contributed by atoms with van der Waals surface area (Å²) in [6, 6.07) is 6.77. The van der Waals surface area contributed by atoms with Gasteiger partial charge in [0.2, 0.25) is 5.91 Å². The lowest BCUT2D eigenvalue weighted by Gasteiger charge is -2.35. The highest BCUT2D eigenvalue weighted by Gasteiger charge is 2.44. The van der Waals surface area contributed by atoms with Gasteiger partial charge in [-0.3, -0.25) is 4.79 Å². The van der Waals surface area contributed by atoms with E-state index in [2.05, 4.69) is 0 Å². The van der Waals surface area contributed by atoms with E-state index in [1.54, 1.807) is 24.3 Å². The van der Waals surface area contributed by atoms with Gasteiger partial charge in [0.15, 0.2) is 0 Å². The standard InChI is InChI=1S/C23H31NO6/c1-28-23(27)16-2-4-19(5-3-16)30-21-12-18-14-24(13-17(18)11-20(21)25)22(26)10-15-6-8-29-9-7-15/h2-5,15,17-18,20-21,25H,6-14H2,1H3/t17-,18+,20+,21+/m0/s1. The van der Waals surface area contributed by atoms with Gasteiger partial charge < -0.3 is 24.2 Å². The second-order valence-corrected chi connectivity index (χ2v) is 8.79. The molecule has 1 N–H and O–H groups in total. The number of amides is 1. The molecule has 164 valence electrons. The van der Waals surface area contributed by atoms with Crippen molar-refractivity contribution in [3.8, 4) is 5.75 Å². The molecule has 0 spiro atoms. The van der Waals surface area contributed by atoms with Crippen LogP contribution in [0.3, 0.4) is 0 Å². The summed E-state index contributed by atoms with van der Waals surface area (Å²) < 4.78 is 16.1. The molecule has 7 nitrogen and oxygen atoms in total. The SMILES string of the molecule is COC(=O)c1ccc(O[C@@H]2C[C@@H]3CN(C(=O)CC4CCOCC4)C[C@@H]3C[C@H]2O)cc1. The summed E-state index contributed by atoms with van der Waals surface area (Å²) in [7, 11) is 1.35. The van der Waals surface area contributed by atoms with Gasteiger partial charge in [0, 0.05) is 32.7 Å². The molecule has 0 radical (unpaired) electrons. The molecule has 4 rings (SSSR count). The minimum atomic E-state index is -0.558. The molecule has 0 bridgehead atoms. The van der Waals surface area contributed by atoms with Crippen molar-refractivity contribution in [3.05, 3.63) is 29.8 Å². The number of aliphatic hydroxyl groups excluding tert-OH is 1. The van der Waals surface area contributed by atoms with Crippen LogP contribution in [0.15, 0.2) is 24.3 Å². The monoisotopic (exact) mass is 417 g/mol. The zero-order valence-electron chi connectivity index (χ0n) is 17.5. The fraction of sp³-hybridized carbons (Fsp3) is 0.652. The molecule has 4 atom stereocenters. The average molecular weight is 418 g/mol. The van der Waals surface area contributed by atoms with Gasteiger partial charge in [-0.15, -0.1) is 0 Å². The molecule has 1 aliphatic carbocycles. The number of carbonyl (C=O) groups is 2. The molecule has 2 aliphatic heterocycles. The number of nitrogens with zero attached hydrogens (tertiary/aromatic N) is 1. The first-order valence-corrected chi connectivity index (χ1v) is 10.9. The second-order valence-electron chi connectivity index (χ2n) is 8.79. The normalized spacial score (nSPS) is 29.3. The maximum Gasteiger partial charge on any atom is 0.337 e. The summed E-state index contributed by atoms with van der Waals surface area (Å²) in [5.74, 6) is 1.59. The fourth-order valence-corrected chi connectivity index (χ4v) is 5.01. The van der Waals surface area contributed by atoms with Crippen molar-refractivity contribution in [1.82, 2.24) is 4.90 Å². The minimum absolute atomic E-state index is 0.238. The number of esters is 1. The zero-order valence-corrected chi connectivity index (χ0v) is 17.5. The van der Waals surface area contributed by atoms with E-state index in [1.807, 2.05) is 4.90 Å². The Morgan fingerprint density at radius 3 is 2.43 bits per heavy atom. The van der Waals surface area contributed by atoms with Gasteiger partial charge >= 0.3 is 5.97 Å². The van der Waals surface area contributed by atoms with Crippen LogP contribution in [0.5, 0.6) is 5.75 Å². The maximum absolute atomic E-state index is 12.8. The second kappa shape index (κ2) is 9.35. The van der Waals surface area contributed by atoms with E-state index in [-0.39, 0.29) is 12.0 Å². The summed E-state index contributed by atoms with van der Waals surface area (Å²) in [6.45, 7) is 3.01. The smallest absolute Gasteiger partial charge is 0.337 e. The number of carbonyl (C=O) groups excluding carboxylic acids is 2. The summed E-state index contributed by atoms with van der Waals surface area (Å²) in [5, 5.41) is 10.6. The first kappa shape index (κ1) is 21.1. The van der Waals surface area contributed by atoms with E-state index < -0.39 is 12.1 Å². The summed E-state index contributed by atoms with van der Waals surface area (Å²) in [4.78, 5) is 26.3. The molecular formula is C23H31NO6. The van der Waals surface area contributed by atoms with Crippen LogP contribution in [-0.4, -0.2) is 67.5 Å². The Morgan fingerprint density at radius 1 is 1.10 bits per heavy atom. The first-order chi connectivity index (χ1) is 14.5. The molecule has 2 saturated heterocycles. The summed E-state index contributed by atoms with van der Waals surface area (Å²) in [5.41, 5.74) is 0.462. The van der Waals surface area contributed by atoms with Gasteiger partial charge in [-0.2, -0.15) is 0 Å². The van der Waals surface area contributed by atoms with E-state index in [1.165, 1.54) is 7.11 Å². The number of rotatable bonds is 5. The number of ether oxygens (including phenoxy) is 3. The predicted octanol–water partition coefficient (Wildman–Crippen LogP) is 2.27. The van der Waals surface area contributed by atoms with Gasteiger partial charge in [0.1, 0.15) is 11.9 Å². The Kier molecular flexibility index (Phi) is 6.58. The van der Waals surface area contributed by atoms with Crippen molar-refractivity contribution in [3.63, 3.8) is 0 Å². The Bertz CT molecular complexity index is 745. The molecule has 30 heavy (non-hydrogen) atoms. The molecular weight excluding hydrogens is 386 g/mol. The number of likely N-dealkylation sites (tertiary alicyclic amines) is 1. The fourth-order valence-electron chi connectivity index (χ4n) is 5.01. The number of methoxy groups -OCH3 is 1. The molecule has 1 saturated carbocycles. The van der Waals surface area contributed by atoms with E-state index in [9.17, 15) is 14.7 Å². The minimum Gasteiger partial charge on any atom is -0.488 e. The van der Waals surface area contributed by atoms with E-state index >= 15 is 0 Å². The zero-order chi connectivity index (χ0) is 21.1. The van der Waals surface area contributed by atoms with Crippen LogP contribution in [-0.2, 0) is 14.3 Å². The largest absolute Gasteiger partial charge is 0.488 e. The van der Waals surface area contributed by atoms with Gasteiger partial charge in [-0.05, 0) is 67.7 Å².